The van der Waals surface area contributed by atoms with Crippen LogP contribution in [0.4, 0.5) is 11.4 Å². The van der Waals surface area contributed by atoms with Crippen molar-refractivity contribution in [1.29, 1.82) is 0 Å². The van der Waals surface area contributed by atoms with Crippen LogP contribution in [0.3, 0.4) is 0 Å². The summed E-state index contributed by atoms with van der Waals surface area (Å²) in [5, 5.41) is 11.2. The molecule has 1 aliphatic carbocycles. The summed E-state index contributed by atoms with van der Waals surface area (Å²) < 4.78 is 16.8. The number of esters is 1. The lowest BCUT2D eigenvalue weighted by molar-refractivity contribution is -0.385. The molecule has 3 rings (SSSR count). The number of nitrogens with zero attached hydrogens (tertiary/aromatic N) is 2. The van der Waals surface area contributed by atoms with E-state index < -0.39 is 4.92 Å². The third-order valence-electron chi connectivity index (χ3n) is 6.57. The summed E-state index contributed by atoms with van der Waals surface area (Å²) in [5.41, 5.74) is 1.25. The van der Waals surface area contributed by atoms with Gasteiger partial charge in [-0.05, 0) is 66.8 Å². The van der Waals surface area contributed by atoms with Crippen LogP contribution in [0.25, 0.3) is 0 Å². The first-order chi connectivity index (χ1) is 14.9. The molecule has 1 spiro atoms. The minimum atomic E-state index is -0.425. The smallest absolute Gasteiger partial charge is 0.312 e. The summed E-state index contributed by atoms with van der Waals surface area (Å²) in [6, 6.07) is 3.28. The third kappa shape index (κ3) is 5.88. The summed E-state index contributed by atoms with van der Waals surface area (Å²) >= 11 is 3.50. The summed E-state index contributed by atoms with van der Waals surface area (Å²) in [5.74, 6) is 0.0835. The first-order valence-electron chi connectivity index (χ1n) is 10.9. The first kappa shape index (κ1) is 23.8. The van der Waals surface area contributed by atoms with Crippen molar-refractivity contribution in [2.75, 3.05) is 38.3 Å². The Morgan fingerprint density at radius 3 is 2.52 bits per heavy atom. The fourth-order valence-corrected chi connectivity index (χ4v) is 5.30. The van der Waals surface area contributed by atoms with Crippen molar-refractivity contribution < 1.29 is 23.9 Å². The number of piperidine rings is 1. The van der Waals surface area contributed by atoms with Crippen LogP contribution in [-0.2, 0) is 14.3 Å². The number of ether oxygens (including phenoxy) is 3. The molecule has 0 amide bonds. The topological polar surface area (TPSA) is 91.1 Å². The zero-order valence-corrected chi connectivity index (χ0v) is 19.8. The summed E-state index contributed by atoms with van der Waals surface area (Å²) in [7, 11) is 1.46. The number of benzene rings is 1. The molecule has 31 heavy (non-hydrogen) atoms. The molecule has 2 aliphatic rings. The molecule has 0 bridgehead atoms. The van der Waals surface area contributed by atoms with Crippen LogP contribution in [0.15, 0.2) is 16.6 Å². The Morgan fingerprint density at radius 2 is 1.94 bits per heavy atom. The average molecular weight is 499 g/mol. The molecule has 0 radical (unpaired) electrons. The lowest BCUT2D eigenvalue weighted by Crippen LogP contribution is -2.43. The quantitative estimate of drug-likeness (QED) is 0.287. The SMILES string of the molecule is CCOC(=O)CCOC1CCC2(CC1)CCN(c1cc(OC)c([N+](=O)[O-])cc1Br)CC2. The number of halogens is 1. The molecule has 8 nitrogen and oxygen atoms in total. The fourth-order valence-electron chi connectivity index (χ4n) is 4.72. The molecule has 172 valence electrons. The fraction of sp³-hybridized carbons (Fsp3) is 0.682. The average Bonchev–Trinajstić information content (AvgIpc) is 2.76. The molecular weight excluding hydrogens is 468 g/mol. The minimum Gasteiger partial charge on any atom is -0.490 e. The van der Waals surface area contributed by atoms with E-state index in [9.17, 15) is 14.9 Å². The summed E-state index contributed by atoms with van der Waals surface area (Å²) in [6.07, 6.45) is 7.05. The highest BCUT2D eigenvalue weighted by atomic mass is 79.9. The molecule has 1 aromatic carbocycles. The normalized spacial score (nSPS) is 18.7. The van der Waals surface area contributed by atoms with Crippen LogP contribution in [-0.4, -0.2) is 50.4 Å². The maximum absolute atomic E-state index is 11.4. The predicted octanol–water partition coefficient (Wildman–Crippen LogP) is 4.86. The predicted molar refractivity (Wildman–Crippen MR) is 121 cm³/mol. The Morgan fingerprint density at radius 1 is 1.26 bits per heavy atom. The van der Waals surface area contributed by atoms with Gasteiger partial charge in [-0.15, -0.1) is 0 Å². The van der Waals surface area contributed by atoms with Crippen LogP contribution in [0.1, 0.15) is 51.9 Å². The van der Waals surface area contributed by atoms with Crippen LogP contribution >= 0.6 is 15.9 Å². The van der Waals surface area contributed by atoms with Gasteiger partial charge in [0.25, 0.3) is 0 Å². The molecular formula is C22H31BrN2O6. The molecule has 1 aromatic rings. The Labute approximate surface area is 191 Å². The monoisotopic (exact) mass is 498 g/mol. The number of rotatable bonds is 8. The van der Waals surface area contributed by atoms with E-state index in [0.717, 1.165) is 61.8 Å². The number of hydrogen-bond donors (Lipinski definition) is 0. The number of nitro groups is 1. The highest BCUT2D eigenvalue weighted by Crippen LogP contribution is 2.47. The standard InChI is InChI=1S/C22H31BrN2O6/c1-3-30-21(26)6-13-31-16-4-7-22(8-5-16)9-11-24(12-10-22)18-15-20(29-2)19(25(27)28)14-17(18)23/h14-16H,3-13H2,1-2H3. The van der Waals surface area contributed by atoms with Crippen LogP contribution in [0, 0.1) is 15.5 Å². The van der Waals surface area contributed by atoms with Crippen molar-refractivity contribution in [3.63, 3.8) is 0 Å². The van der Waals surface area contributed by atoms with Gasteiger partial charge in [-0.25, -0.2) is 0 Å². The second-order valence-corrected chi connectivity index (χ2v) is 9.20. The van der Waals surface area contributed by atoms with E-state index >= 15 is 0 Å². The Bertz CT molecular complexity index is 784. The minimum absolute atomic E-state index is 0.0344. The number of methoxy groups -OCH3 is 1. The van der Waals surface area contributed by atoms with Gasteiger partial charge >= 0.3 is 11.7 Å². The third-order valence-corrected chi connectivity index (χ3v) is 7.20. The van der Waals surface area contributed by atoms with E-state index in [1.54, 1.807) is 6.07 Å². The zero-order valence-electron chi connectivity index (χ0n) is 18.2. The highest BCUT2D eigenvalue weighted by molar-refractivity contribution is 9.10. The highest BCUT2D eigenvalue weighted by Gasteiger charge is 2.39. The Kier molecular flexibility index (Phi) is 8.16. The van der Waals surface area contributed by atoms with Crippen molar-refractivity contribution >= 4 is 33.3 Å². The van der Waals surface area contributed by atoms with E-state index in [-0.39, 0.29) is 23.5 Å². The lowest BCUT2D eigenvalue weighted by Gasteiger charge is -2.46. The molecule has 9 heteroatoms. The molecule has 0 atom stereocenters. The molecule has 1 saturated carbocycles. The van der Waals surface area contributed by atoms with E-state index in [2.05, 4.69) is 20.8 Å². The Hall–Kier alpha value is -1.87. The van der Waals surface area contributed by atoms with Gasteiger partial charge in [0.1, 0.15) is 0 Å². The van der Waals surface area contributed by atoms with Crippen molar-refractivity contribution in [1.82, 2.24) is 0 Å². The number of hydrogen-bond acceptors (Lipinski definition) is 7. The first-order valence-corrected chi connectivity index (χ1v) is 11.7. The number of carbonyl (C=O) groups excluding carboxylic acids is 1. The van der Waals surface area contributed by atoms with Gasteiger partial charge in [-0.2, -0.15) is 0 Å². The maximum Gasteiger partial charge on any atom is 0.312 e. The van der Waals surface area contributed by atoms with E-state index in [0.29, 0.717) is 25.0 Å². The van der Waals surface area contributed by atoms with Gasteiger partial charge in [-0.3, -0.25) is 14.9 Å². The lowest BCUT2D eigenvalue weighted by atomic mass is 9.67. The molecule has 1 aliphatic heterocycles. The van der Waals surface area contributed by atoms with Gasteiger partial charge in [0.2, 0.25) is 0 Å². The Balaban J connectivity index is 1.51. The van der Waals surface area contributed by atoms with Crippen LogP contribution in [0.2, 0.25) is 0 Å². The molecule has 0 aromatic heterocycles. The number of carbonyl (C=O) groups is 1. The zero-order chi connectivity index (χ0) is 22.4. The summed E-state index contributed by atoms with van der Waals surface area (Å²) in [4.78, 5) is 24.5. The van der Waals surface area contributed by atoms with Gasteiger partial charge < -0.3 is 19.1 Å². The van der Waals surface area contributed by atoms with Crippen molar-refractivity contribution in [2.45, 2.75) is 58.0 Å². The largest absolute Gasteiger partial charge is 0.490 e. The van der Waals surface area contributed by atoms with Crippen molar-refractivity contribution in [2.24, 2.45) is 5.41 Å². The maximum atomic E-state index is 11.4. The van der Waals surface area contributed by atoms with Crippen LogP contribution < -0.4 is 9.64 Å². The van der Waals surface area contributed by atoms with Gasteiger partial charge in [0, 0.05) is 29.7 Å². The van der Waals surface area contributed by atoms with Crippen molar-refractivity contribution in [3.05, 3.63) is 26.7 Å². The van der Waals surface area contributed by atoms with Crippen molar-refractivity contribution in [3.8, 4) is 5.75 Å². The van der Waals surface area contributed by atoms with E-state index in [1.165, 1.54) is 13.2 Å². The second-order valence-electron chi connectivity index (χ2n) is 8.34. The van der Waals surface area contributed by atoms with Gasteiger partial charge in [0.15, 0.2) is 5.75 Å². The second kappa shape index (κ2) is 10.6. The van der Waals surface area contributed by atoms with Gasteiger partial charge in [0.05, 0.1) is 43.5 Å². The van der Waals surface area contributed by atoms with Gasteiger partial charge in [-0.1, -0.05) is 0 Å². The number of nitro benzene ring substituents is 1. The molecule has 1 heterocycles. The summed E-state index contributed by atoms with van der Waals surface area (Å²) in [6.45, 7) is 4.47. The van der Waals surface area contributed by atoms with Crippen LogP contribution in [0.5, 0.6) is 5.75 Å². The molecule has 0 N–H and O–H groups in total. The molecule has 1 saturated heterocycles. The van der Waals surface area contributed by atoms with E-state index in [1.807, 2.05) is 6.92 Å². The molecule has 2 fully saturated rings. The van der Waals surface area contributed by atoms with E-state index in [4.69, 9.17) is 14.2 Å². The number of anilines is 1. The molecule has 0 unspecified atom stereocenters.